The monoisotopic (exact) mass is 294 g/mol. The summed E-state index contributed by atoms with van der Waals surface area (Å²) in [7, 11) is 0. The lowest BCUT2D eigenvalue weighted by atomic mass is 10.0. The number of nitrogens with one attached hydrogen (secondary N) is 1. The van der Waals surface area contributed by atoms with E-state index in [0.717, 1.165) is 49.6 Å². The Morgan fingerprint density at radius 3 is 2.55 bits per heavy atom. The number of aromatic nitrogens is 1. The molecule has 0 bridgehead atoms. The molecule has 0 spiro atoms. The second-order valence-corrected chi connectivity index (χ2v) is 5.79. The van der Waals surface area contributed by atoms with Crippen LogP contribution < -0.4 is 5.32 Å². The fraction of sp³-hybridized carbons (Fsp3) is 0.286. The standard InChI is InChI=1S/C14H12F2N2OS/c15-9-5-8(6-10(16)7-9)13(19)18-14-17-11-3-1-2-4-12(11)20-14/h5-7H,1-4H2,(H,17,18,19). The number of hydrogen-bond donors (Lipinski definition) is 1. The van der Waals surface area contributed by atoms with E-state index in [0.29, 0.717) is 5.13 Å². The molecule has 1 aliphatic carbocycles. The Kier molecular flexibility index (Phi) is 3.48. The number of thiazole rings is 1. The van der Waals surface area contributed by atoms with Crippen molar-refractivity contribution in [2.24, 2.45) is 0 Å². The molecule has 1 amide bonds. The number of rotatable bonds is 2. The summed E-state index contributed by atoms with van der Waals surface area (Å²) in [6, 6.07) is 2.75. The molecule has 1 N–H and O–H groups in total. The summed E-state index contributed by atoms with van der Waals surface area (Å²) >= 11 is 1.44. The lowest BCUT2D eigenvalue weighted by Gasteiger charge is -2.06. The number of hydrogen-bond acceptors (Lipinski definition) is 3. The number of carbonyl (C=O) groups excluding carboxylic acids is 1. The van der Waals surface area contributed by atoms with Gasteiger partial charge in [0, 0.05) is 16.5 Å². The molecule has 0 saturated heterocycles. The second-order valence-electron chi connectivity index (χ2n) is 4.71. The van der Waals surface area contributed by atoms with Gasteiger partial charge in [-0.2, -0.15) is 0 Å². The Morgan fingerprint density at radius 2 is 1.85 bits per heavy atom. The maximum absolute atomic E-state index is 13.1. The zero-order valence-electron chi connectivity index (χ0n) is 10.6. The van der Waals surface area contributed by atoms with E-state index in [9.17, 15) is 13.6 Å². The molecule has 3 nitrogen and oxygen atoms in total. The van der Waals surface area contributed by atoms with Crippen LogP contribution in [0.5, 0.6) is 0 Å². The van der Waals surface area contributed by atoms with Crippen LogP contribution in [-0.4, -0.2) is 10.9 Å². The van der Waals surface area contributed by atoms with Gasteiger partial charge in [-0.3, -0.25) is 10.1 Å². The average Bonchev–Trinajstić information content (AvgIpc) is 2.79. The van der Waals surface area contributed by atoms with Crippen LogP contribution in [0.2, 0.25) is 0 Å². The summed E-state index contributed by atoms with van der Waals surface area (Å²) in [5.74, 6) is -2.09. The summed E-state index contributed by atoms with van der Waals surface area (Å²) in [5.41, 5.74) is 0.984. The van der Waals surface area contributed by atoms with Gasteiger partial charge in [-0.1, -0.05) is 0 Å². The van der Waals surface area contributed by atoms with Crippen LogP contribution in [0.1, 0.15) is 33.8 Å². The van der Waals surface area contributed by atoms with Crippen molar-refractivity contribution in [2.75, 3.05) is 5.32 Å². The van der Waals surface area contributed by atoms with E-state index in [4.69, 9.17) is 0 Å². The Morgan fingerprint density at radius 1 is 1.15 bits per heavy atom. The van der Waals surface area contributed by atoms with Gasteiger partial charge in [0.25, 0.3) is 5.91 Å². The second kappa shape index (κ2) is 5.28. The topological polar surface area (TPSA) is 42.0 Å². The third-order valence-corrected chi connectivity index (χ3v) is 4.26. The predicted molar refractivity (Wildman–Crippen MR) is 73.1 cm³/mol. The van der Waals surface area contributed by atoms with E-state index in [1.165, 1.54) is 16.2 Å². The largest absolute Gasteiger partial charge is 0.298 e. The Hall–Kier alpha value is -1.82. The van der Waals surface area contributed by atoms with Gasteiger partial charge in [0.15, 0.2) is 5.13 Å². The zero-order valence-corrected chi connectivity index (χ0v) is 11.4. The first-order valence-corrected chi connectivity index (χ1v) is 7.19. The van der Waals surface area contributed by atoms with Crippen LogP contribution in [0.4, 0.5) is 13.9 Å². The van der Waals surface area contributed by atoms with E-state index in [2.05, 4.69) is 10.3 Å². The first kappa shape index (κ1) is 13.2. The van der Waals surface area contributed by atoms with E-state index >= 15 is 0 Å². The van der Waals surface area contributed by atoms with Crippen LogP contribution in [0.25, 0.3) is 0 Å². The van der Waals surface area contributed by atoms with Crippen molar-refractivity contribution in [1.82, 2.24) is 4.98 Å². The number of carbonyl (C=O) groups is 1. The number of aryl methyl sites for hydroxylation is 2. The first-order chi connectivity index (χ1) is 9.61. The van der Waals surface area contributed by atoms with Crippen molar-refractivity contribution in [2.45, 2.75) is 25.7 Å². The zero-order chi connectivity index (χ0) is 14.1. The van der Waals surface area contributed by atoms with Gasteiger partial charge in [-0.15, -0.1) is 11.3 Å². The summed E-state index contributed by atoms with van der Waals surface area (Å²) in [6.07, 6.45) is 4.16. The van der Waals surface area contributed by atoms with Crippen LogP contribution in [0.3, 0.4) is 0 Å². The van der Waals surface area contributed by atoms with Crippen molar-refractivity contribution in [3.05, 3.63) is 46.0 Å². The molecule has 6 heteroatoms. The van der Waals surface area contributed by atoms with Crippen LogP contribution in [-0.2, 0) is 12.8 Å². The van der Waals surface area contributed by atoms with Gasteiger partial charge in [0.05, 0.1) is 5.69 Å². The average molecular weight is 294 g/mol. The summed E-state index contributed by atoms with van der Waals surface area (Å²) in [6.45, 7) is 0. The third-order valence-electron chi connectivity index (χ3n) is 3.19. The molecule has 20 heavy (non-hydrogen) atoms. The van der Waals surface area contributed by atoms with Gasteiger partial charge < -0.3 is 0 Å². The minimum absolute atomic E-state index is 0.0457. The quantitative estimate of drug-likeness (QED) is 0.920. The summed E-state index contributed by atoms with van der Waals surface area (Å²) in [5, 5.41) is 3.10. The fourth-order valence-electron chi connectivity index (χ4n) is 2.26. The van der Waals surface area contributed by atoms with Gasteiger partial charge in [0.2, 0.25) is 0 Å². The maximum Gasteiger partial charge on any atom is 0.257 e. The van der Waals surface area contributed by atoms with E-state index in [1.54, 1.807) is 0 Å². The molecule has 0 radical (unpaired) electrons. The number of anilines is 1. The van der Waals surface area contributed by atoms with E-state index < -0.39 is 17.5 Å². The maximum atomic E-state index is 13.1. The molecule has 1 aromatic carbocycles. The van der Waals surface area contributed by atoms with Crippen molar-refractivity contribution in [3.63, 3.8) is 0 Å². The fourth-order valence-corrected chi connectivity index (χ4v) is 3.30. The molecule has 0 atom stereocenters. The Bertz CT molecular complexity index is 625. The molecule has 0 unspecified atom stereocenters. The van der Waals surface area contributed by atoms with Crippen molar-refractivity contribution in [1.29, 1.82) is 0 Å². The normalized spacial score (nSPS) is 13.9. The third kappa shape index (κ3) is 2.70. The lowest BCUT2D eigenvalue weighted by molar-refractivity contribution is 0.102. The molecule has 0 fully saturated rings. The summed E-state index contributed by atoms with van der Waals surface area (Å²) in [4.78, 5) is 17.5. The molecular formula is C14H12F2N2OS. The summed E-state index contributed by atoms with van der Waals surface area (Å²) < 4.78 is 26.2. The smallest absolute Gasteiger partial charge is 0.257 e. The lowest BCUT2D eigenvalue weighted by Crippen LogP contribution is -2.12. The highest BCUT2D eigenvalue weighted by Gasteiger charge is 2.17. The van der Waals surface area contributed by atoms with Gasteiger partial charge >= 0.3 is 0 Å². The Balaban J connectivity index is 1.80. The molecule has 2 aromatic rings. The number of nitrogens with zero attached hydrogens (tertiary/aromatic N) is 1. The number of halogens is 2. The van der Waals surface area contributed by atoms with Crippen molar-refractivity contribution >= 4 is 22.4 Å². The molecule has 1 heterocycles. The minimum atomic E-state index is -0.770. The SMILES string of the molecule is O=C(Nc1nc2c(s1)CCCC2)c1cc(F)cc(F)c1. The van der Waals surface area contributed by atoms with Crippen molar-refractivity contribution in [3.8, 4) is 0 Å². The Labute approximate surface area is 118 Å². The van der Waals surface area contributed by atoms with Crippen molar-refractivity contribution < 1.29 is 13.6 Å². The highest BCUT2D eigenvalue weighted by molar-refractivity contribution is 7.15. The molecule has 1 aromatic heterocycles. The number of amides is 1. The molecule has 1 aliphatic rings. The van der Waals surface area contributed by atoms with E-state index in [1.807, 2.05) is 0 Å². The highest BCUT2D eigenvalue weighted by Crippen LogP contribution is 2.29. The molecule has 3 rings (SSSR count). The van der Waals surface area contributed by atoms with Crippen LogP contribution >= 0.6 is 11.3 Å². The number of fused-ring (bicyclic) bond motifs is 1. The molecule has 0 aliphatic heterocycles. The minimum Gasteiger partial charge on any atom is -0.298 e. The first-order valence-electron chi connectivity index (χ1n) is 6.38. The molecule has 104 valence electrons. The van der Waals surface area contributed by atoms with Gasteiger partial charge in [-0.05, 0) is 37.8 Å². The van der Waals surface area contributed by atoms with Gasteiger partial charge in [0.1, 0.15) is 11.6 Å². The van der Waals surface area contributed by atoms with Crippen LogP contribution in [0, 0.1) is 11.6 Å². The molecular weight excluding hydrogens is 282 g/mol. The molecule has 0 saturated carbocycles. The van der Waals surface area contributed by atoms with Crippen LogP contribution in [0.15, 0.2) is 18.2 Å². The highest BCUT2D eigenvalue weighted by atomic mass is 32.1. The number of benzene rings is 1. The van der Waals surface area contributed by atoms with E-state index in [-0.39, 0.29) is 5.56 Å². The predicted octanol–water partition coefficient (Wildman–Crippen LogP) is 3.55. The van der Waals surface area contributed by atoms with Gasteiger partial charge in [-0.25, -0.2) is 13.8 Å².